The quantitative estimate of drug-likeness (QED) is 0.578. The van der Waals surface area contributed by atoms with Crippen LogP contribution in [0.25, 0.3) is 0 Å². The van der Waals surface area contributed by atoms with Gasteiger partial charge in [0.15, 0.2) is 0 Å². The number of nitrogens with one attached hydrogen (secondary N) is 1. The minimum absolute atomic E-state index is 0. The van der Waals surface area contributed by atoms with Crippen LogP contribution in [0.2, 0.25) is 0 Å². The number of carbonyl (C=O) groups is 1. The van der Waals surface area contributed by atoms with Crippen LogP contribution < -0.4 is 5.32 Å². The fourth-order valence-electron chi connectivity index (χ4n) is 1.06. The summed E-state index contributed by atoms with van der Waals surface area (Å²) in [6.07, 6.45) is 0. The van der Waals surface area contributed by atoms with Crippen LogP contribution in [0.1, 0.15) is 7.43 Å². The molecule has 0 unspecified atom stereocenters. The molecule has 66 valence electrons. The highest BCUT2D eigenvalue weighted by atomic mass is 16.4. The second-order valence-corrected chi connectivity index (χ2v) is 2.42. The molecule has 0 atom stereocenters. The van der Waals surface area contributed by atoms with E-state index in [2.05, 4.69) is 5.32 Å². The molecule has 4 nitrogen and oxygen atoms in total. The molecule has 0 aromatic heterocycles. The van der Waals surface area contributed by atoms with Gasteiger partial charge in [-0.15, -0.1) is 0 Å². The van der Waals surface area contributed by atoms with Gasteiger partial charge in [0.25, 0.3) is 0 Å². The number of carboxylic acid groups (broad SMARTS) is 1. The van der Waals surface area contributed by atoms with Gasteiger partial charge in [-0.25, -0.2) is 0 Å². The van der Waals surface area contributed by atoms with Crippen molar-refractivity contribution in [2.75, 3.05) is 32.7 Å². The fourth-order valence-corrected chi connectivity index (χ4v) is 1.06. The maximum atomic E-state index is 10.2. The first-order chi connectivity index (χ1) is 4.79. The van der Waals surface area contributed by atoms with E-state index in [1.54, 1.807) is 0 Å². The largest absolute Gasteiger partial charge is 0.480 e. The van der Waals surface area contributed by atoms with E-state index < -0.39 is 5.97 Å². The number of rotatable bonds is 2. The smallest absolute Gasteiger partial charge is 0.317 e. The van der Waals surface area contributed by atoms with Crippen LogP contribution in [0.3, 0.4) is 0 Å². The predicted octanol–water partition coefficient (Wildman–Crippen LogP) is -0.388. The Labute approximate surface area is 67.2 Å². The zero-order valence-electron chi connectivity index (χ0n) is 5.84. The third kappa shape index (κ3) is 3.95. The van der Waals surface area contributed by atoms with Gasteiger partial charge < -0.3 is 10.4 Å². The molecule has 0 aromatic carbocycles. The molecule has 0 bridgehead atoms. The molecule has 0 radical (unpaired) electrons. The van der Waals surface area contributed by atoms with E-state index in [0.717, 1.165) is 26.2 Å². The summed E-state index contributed by atoms with van der Waals surface area (Å²) < 4.78 is 0. The third-order valence-corrected chi connectivity index (χ3v) is 1.57. The third-order valence-electron chi connectivity index (χ3n) is 1.57. The lowest BCUT2D eigenvalue weighted by Gasteiger charge is -2.25. The van der Waals surface area contributed by atoms with Crippen LogP contribution in [-0.2, 0) is 4.79 Å². The predicted molar refractivity (Wildman–Crippen MR) is 43.7 cm³/mol. The Kier molecular flexibility index (Phi) is 4.81. The number of piperazine rings is 1. The Morgan fingerprint density at radius 2 is 2.00 bits per heavy atom. The Hall–Kier alpha value is -0.610. The molecule has 0 spiro atoms. The van der Waals surface area contributed by atoms with E-state index in [1.165, 1.54) is 0 Å². The van der Waals surface area contributed by atoms with Gasteiger partial charge in [-0.3, -0.25) is 9.69 Å². The lowest BCUT2D eigenvalue weighted by molar-refractivity contribution is -0.138. The molecule has 1 aliphatic rings. The van der Waals surface area contributed by atoms with Crippen LogP contribution in [0.15, 0.2) is 0 Å². The first-order valence-corrected chi connectivity index (χ1v) is 3.44. The van der Waals surface area contributed by atoms with Crippen molar-refractivity contribution in [1.29, 1.82) is 0 Å². The Bertz CT molecular complexity index is 122. The normalized spacial score (nSPS) is 18.9. The van der Waals surface area contributed by atoms with Gasteiger partial charge in [0.05, 0.1) is 6.54 Å². The van der Waals surface area contributed by atoms with Gasteiger partial charge in [-0.2, -0.15) is 0 Å². The fraction of sp³-hybridized carbons (Fsp3) is 0.857. The molecular weight excluding hydrogens is 144 g/mol. The minimum atomic E-state index is -0.734. The molecule has 1 rings (SSSR count). The van der Waals surface area contributed by atoms with Crippen molar-refractivity contribution < 1.29 is 9.90 Å². The van der Waals surface area contributed by atoms with Gasteiger partial charge >= 0.3 is 5.97 Å². The van der Waals surface area contributed by atoms with Gasteiger partial charge in [0.2, 0.25) is 0 Å². The maximum Gasteiger partial charge on any atom is 0.317 e. The van der Waals surface area contributed by atoms with Gasteiger partial charge in [0, 0.05) is 26.2 Å². The van der Waals surface area contributed by atoms with Crippen molar-refractivity contribution in [2.24, 2.45) is 0 Å². The topological polar surface area (TPSA) is 52.6 Å². The summed E-state index contributed by atoms with van der Waals surface area (Å²) in [4.78, 5) is 12.1. The average Bonchev–Trinajstić information content (AvgIpc) is 1.88. The Morgan fingerprint density at radius 3 is 2.45 bits per heavy atom. The zero-order valence-corrected chi connectivity index (χ0v) is 5.84. The molecule has 0 saturated carbocycles. The Morgan fingerprint density at radius 1 is 1.45 bits per heavy atom. The zero-order chi connectivity index (χ0) is 7.40. The molecule has 0 amide bonds. The standard InChI is InChI=1S/C6H12N2O2.CH4/c9-6(10)5-8-3-1-7-2-4-8;/h7H,1-5H2,(H,9,10);1H4. The number of hydrogen-bond donors (Lipinski definition) is 2. The maximum absolute atomic E-state index is 10.2. The summed E-state index contributed by atoms with van der Waals surface area (Å²) in [7, 11) is 0. The SMILES string of the molecule is C.O=C(O)CN1CCNCC1. The van der Waals surface area contributed by atoms with Gasteiger partial charge in [-0.05, 0) is 0 Å². The number of aliphatic carboxylic acids is 1. The molecule has 0 aliphatic carbocycles. The number of hydrogen-bond acceptors (Lipinski definition) is 3. The van der Waals surface area contributed by atoms with E-state index >= 15 is 0 Å². The highest BCUT2D eigenvalue weighted by Gasteiger charge is 2.11. The van der Waals surface area contributed by atoms with E-state index in [9.17, 15) is 4.79 Å². The van der Waals surface area contributed by atoms with Crippen LogP contribution in [-0.4, -0.2) is 48.7 Å². The molecule has 11 heavy (non-hydrogen) atoms. The summed E-state index contributed by atoms with van der Waals surface area (Å²) in [6, 6.07) is 0. The van der Waals surface area contributed by atoms with Crippen LogP contribution >= 0.6 is 0 Å². The summed E-state index contributed by atoms with van der Waals surface area (Å²) in [6.45, 7) is 3.71. The molecule has 1 fully saturated rings. The first kappa shape index (κ1) is 10.4. The average molecular weight is 160 g/mol. The highest BCUT2D eigenvalue weighted by Crippen LogP contribution is 1.89. The van der Waals surface area contributed by atoms with Crippen LogP contribution in [0.5, 0.6) is 0 Å². The lowest BCUT2D eigenvalue weighted by Crippen LogP contribution is -2.45. The van der Waals surface area contributed by atoms with Crippen LogP contribution in [0.4, 0.5) is 0 Å². The molecule has 1 aliphatic heterocycles. The summed E-state index contributed by atoms with van der Waals surface area (Å²) in [5.41, 5.74) is 0. The Balaban J connectivity index is 0.000001000. The molecular formula is C7H16N2O2. The molecule has 0 aromatic rings. The molecule has 1 saturated heterocycles. The first-order valence-electron chi connectivity index (χ1n) is 3.44. The van der Waals surface area contributed by atoms with Gasteiger partial charge in [-0.1, -0.05) is 7.43 Å². The number of nitrogens with zero attached hydrogens (tertiary/aromatic N) is 1. The van der Waals surface area contributed by atoms with E-state index in [4.69, 9.17) is 5.11 Å². The van der Waals surface area contributed by atoms with E-state index in [1.807, 2.05) is 4.90 Å². The monoisotopic (exact) mass is 160 g/mol. The minimum Gasteiger partial charge on any atom is -0.480 e. The van der Waals surface area contributed by atoms with E-state index in [-0.39, 0.29) is 14.0 Å². The molecule has 1 heterocycles. The second-order valence-electron chi connectivity index (χ2n) is 2.42. The number of carboxylic acids is 1. The van der Waals surface area contributed by atoms with Crippen LogP contribution in [0, 0.1) is 0 Å². The van der Waals surface area contributed by atoms with Crippen molar-refractivity contribution in [1.82, 2.24) is 10.2 Å². The van der Waals surface area contributed by atoms with E-state index in [0.29, 0.717) is 0 Å². The summed E-state index contributed by atoms with van der Waals surface area (Å²) in [5.74, 6) is -0.734. The van der Waals surface area contributed by atoms with Crippen molar-refractivity contribution in [3.05, 3.63) is 0 Å². The molecule has 2 N–H and O–H groups in total. The second kappa shape index (κ2) is 5.09. The molecule has 4 heteroatoms. The van der Waals surface area contributed by atoms with Crippen molar-refractivity contribution in [3.63, 3.8) is 0 Å². The summed E-state index contributed by atoms with van der Waals surface area (Å²) >= 11 is 0. The van der Waals surface area contributed by atoms with Crippen molar-refractivity contribution in [3.8, 4) is 0 Å². The van der Waals surface area contributed by atoms with Crippen molar-refractivity contribution >= 4 is 5.97 Å². The summed E-state index contributed by atoms with van der Waals surface area (Å²) in [5, 5.41) is 11.6. The van der Waals surface area contributed by atoms with Crippen molar-refractivity contribution in [2.45, 2.75) is 7.43 Å². The lowest BCUT2D eigenvalue weighted by atomic mass is 10.3. The van der Waals surface area contributed by atoms with Gasteiger partial charge in [0.1, 0.15) is 0 Å². The highest BCUT2D eigenvalue weighted by molar-refractivity contribution is 5.69.